The molecule has 2 aromatic heterocycles. The zero-order valence-corrected chi connectivity index (χ0v) is 13.0. The zero-order valence-electron chi connectivity index (χ0n) is 11.4. The molecule has 0 radical (unpaired) electrons. The fourth-order valence-corrected chi connectivity index (χ4v) is 2.81. The lowest BCUT2D eigenvalue weighted by Crippen LogP contribution is -2.29. The predicted molar refractivity (Wildman–Crippen MR) is 77.5 cm³/mol. The van der Waals surface area contributed by atoms with E-state index in [4.69, 9.17) is 4.52 Å². The zero-order chi connectivity index (χ0) is 15.0. The number of alkyl halides is 2. The monoisotopic (exact) mass is 357 g/mol. The second-order valence-electron chi connectivity index (χ2n) is 5.11. The fraction of sp³-hybridized carbons (Fsp3) is 0.429. The Kier molecular flexibility index (Phi) is 3.93. The number of hydrogen-bond acceptors (Lipinski definition) is 4. The Balaban J connectivity index is 1.86. The third-order valence-electron chi connectivity index (χ3n) is 3.54. The largest absolute Gasteiger partial charge is 0.362 e. The molecule has 1 aliphatic heterocycles. The van der Waals surface area contributed by atoms with Crippen LogP contribution in [0.5, 0.6) is 0 Å². The SMILES string of the molecule is Cc1cc2c(nc1Br)CCCN2Cc1cc(C(F)F)no1. The summed E-state index contributed by atoms with van der Waals surface area (Å²) in [5.74, 6) is 0.443. The van der Waals surface area contributed by atoms with Crippen molar-refractivity contribution >= 4 is 21.6 Å². The molecule has 0 N–H and O–H groups in total. The molecular weight excluding hydrogens is 344 g/mol. The minimum absolute atomic E-state index is 0.313. The molecule has 7 heteroatoms. The molecule has 0 aliphatic carbocycles. The first-order chi connectivity index (χ1) is 10.0. The van der Waals surface area contributed by atoms with E-state index in [-0.39, 0.29) is 5.69 Å². The molecule has 3 heterocycles. The first kappa shape index (κ1) is 14.4. The van der Waals surface area contributed by atoms with Crippen molar-refractivity contribution in [3.8, 4) is 0 Å². The van der Waals surface area contributed by atoms with Crippen molar-refractivity contribution in [3.63, 3.8) is 0 Å². The van der Waals surface area contributed by atoms with E-state index in [1.807, 2.05) is 6.92 Å². The van der Waals surface area contributed by atoms with Crippen LogP contribution in [0.15, 0.2) is 21.3 Å². The Hall–Kier alpha value is -1.50. The summed E-state index contributed by atoms with van der Waals surface area (Å²) in [4.78, 5) is 6.65. The van der Waals surface area contributed by atoms with E-state index in [2.05, 4.69) is 37.0 Å². The highest BCUT2D eigenvalue weighted by Crippen LogP contribution is 2.31. The number of nitrogens with zero attached hydrogens (tertiary/aromatic N) is 3. The van der Waals surface area contributed by atoms with Gasteiger partial charge in [0, 0.05) is 12.6 Å². The summed E-state index contributed by atoms with van der Waals surface area (Å²) in [5.41, 5.74) is 2.79. The highest BCUT2D eigenvalue weighted by Gasteiger charge is 2.22. The molecule has 0 amide bonds. The lowest BCUT2D eigenvalue weighted by Gasteiger charge is -2.30. The van der Waals surface area contributed by atoms with Crippen LogP contribution >= 0.6 is 15.9 Å². The highest BCUT2D eigenvalue weighted by molar-refractivity contribution is 9.10. The van der Waals surface area contributed by atoms with Crippen molar-refractivity contribution in [2.75, 3.05) is 11.4 Å². The molecule has 4 nitrogen and oxygen atoms in total. The van der Waals surface area contributed by atoms with Gasteiger partial charge in [-0.05, 0) is 47.3 Å². The van der Waals surface area contributed by atoms with Gasteiger partial charge in [-0.15, -0.1) is 0 Å². The van der Waals surface area contributed by atoms with Crippen molar-refractivity contribution in [1.29, 1.82) is 0 Å². The molecule has 1 aliphatic rings. The second-order valence-corrected chi connectivity index (χ2v) is 5.86. The van der Waals surface area contributed by atoms with Gasteiger partial charge < -0.3 is 9.42 Å². The van der Waals surface area contributed by atoms with Crippen LogP contribution in [0.1, 0.15) is 35.6 Å². The van der Waals surface area contributed by atoms with E-state index in [1.54, 1.807) is 0 Å². The minimum Gasteiger partial charge on any atom is -0.362 e. The van der Waals surface area contributed by atoms with Gasteiger partial charge in [0.05, 0.1) is 17.9 Å². The number of hydrogen-bond donors (Lipinski definition) is 0. The molecule has 0 aromatic carbocycles. The lowest BCUT2D eigenvalue weighted by atomic mass is 10.1. The molecule has 0 saturated heterocycles. The van der Waals surface area contributed by atoms with Gasteiger partial charge in [0.1, 0.15) is 10.3 Å². The van der Waals surface area contributed by atoms with Crippen LogP contribution in [-0.4, -0.2) is 16.7 Å². The smallest absolute Gasteiger partial charge is 0.283 e. The van der Waals surface area contributed by atoms with E-state index in [0.29, 0.717) is 12.3 Å². The average molecular weight is 358 g/mol. The molecule has 0 atom stereocenters. The van der Waals surface area contributed by atoms with Crippen LogP contribution < -0.4 is 4.90 Å². The van der Waals surface area contributed by atoms with Crippen molar-refractivity contribution in [2.24, 2.45) is 0 Å². The Bertz CT molecular complexity index is 660. The molecule has 0 unspecified atom stereocenters. The summed E-state index contributed by atoms with van der Waals surface area (Å²) in [7, 11) is 0. The summed E-state index contributed by atoms with van der Waals surface area (Å²) in [6.45, 7) is 3.25. The number of anilines is 1. The maximum atomic E-state index is 12.5. The van der Waals surface area contributed by atoms with Crippen molar-refractivity contribution in [1.82, 2.24) is 10.1 Å². The first-order valence-corrected chi connectivity index (χ1v) is 7.48. The van der Waals surface area contributed by atoms with Crippen LogP contribution in [-0.2, 0) is 13.0 Å². The maximum Gasteiger partial charge on any atom is 0.283 e. The number of aromatic nitrogens is 2. The predicted octanol–water partition coefficient (Wildman–Crippen LogP) is 4.03. The summed E-state index contributed by atoms with van der Waals surface area (Å²) >= 11 is 3.44. The molecular formula is C14H14BrF2N3O. The van der Waals surface area contributed by atoms with E-state index in [0.717, 1.165) is 40.9 Å². The number of halogens is 3. The Morgan fingerprint density at radius 2 is 2.24 bits per heavy atom. The van der Waals surface area contributed by atoms with Gasteiger partial charge in [-0.3, -0.25) is 0 Å². The molecule has 0 spiro atoms. The number of rotatable bonds is 3. The van der Waals surface area contributed by atoms with Crippen LogP contribution in [0.2, 0.25) is 0 Å². The van der Waals surface area contributed by atoms with Gasteiger partial charge in [-0.25, -0.2) is 13.8 Å². The van der Waals surface area contributed by atoms with E-state index >= 15 is 0 Å². The Labute approximate surface area is 129 Å². The van der Waals surface area contributed by atoms with Gasteiger partial charge in [0.15, 0.2) is 5.76 Å². The van der Waals surface area contributed by atoms with Gasteiger partial charge in [0.25, 0.3) is 6.43 Å². The van der Waals surface area contributed by atoms with E-state index in [9.17, 15) is 8.78 Å². The van der Waals surface area contributed by atoms with Gasteiger partial charge in [-0.1, -0.05) is 5.16 Å². The van der Waals surface area contributed by atoms with Gasteiger partial charge in [0.2, 0.25) is 0 Å². The summed E-state index contributed by atoms with van der Waals surface area (Å²) < 4.78 is 30.9. The third kappa shape index (κ3) is 2.92. The summed E-state index contributed by atoms with van der Waals surface area (Å²) in [6.07, 6.45) is -0.703. The molecule has 0 fully saturated rings. The molecule has 112 valence electrons. The van der Waals surface area contributed by atoms with Crippen molar-refractivity contribution in [3.05, 3.63) is 39.4 Å². The van der Waals surface area contributed by atoms with E-state index in [1.165, 1.54) is 6.07 Å². The number of fused-ring (bicyclic) bond motifs is 1. The van der Waals surface area contributed by atoms with Gasteiger partial charge in [-0.2, -0.15) is 0 Å². The van der Waals surface area contributed by atoms with E-state index < -0.39 is 6.43 Å². The average Bonchev–Trinajstić information content (AvgIpc) is 2.90. The normalized spacial score (nSPS) is 14.6. The topological polar surface area (TPSA) is 42.2 Å². The first-order valence-electron chi connectivity index (χ1n) is 6.69. The molecule has 2 aromatic rings. The maximum absolute atomic E-state index is 12.5. The standard InChI is InChI=1S/C14H14BrF2N3O/c1-8-5-12-10(18-13(8)15)3-2-4-20(12)7-9-6-11(14(16)17)19-21-9/h5-6,14H,2-4,7H2,1H3. The third-order valence-corrected chi connectivity index (χ3v) is 4.34. The van der Waals surface area contributed by atoms with Gasteiger partial charge >= 0.3 is 0 Å². The number of aryl methyl sites for hydroxylation is 2. The Morgan fingerprint density at radius 1 is 1.43 bits per heavy atom. The van der Waals surface area contributed by atoms with Crippen LogP contribution in [0, 0.1) is 6.92 Å². The van der Waals surface area contributed by atoms with Crippen LogP contribution in [0.3, 0.4) is 0 Å². The molecule has 21 heavy (non-hydrogen) atoms. The molecule has 0 saturated carbocycles. The summed E-state index contributed by atoms with van der Waals surface area (Å²) in [6, 6.07) is 3.38. The van der Waals surface area contributed by atoms with Crippen LogP contribution in [0.4, 0.5) is 14.5 Å². The summed E-state index contributed by atoms with van der Waals surface area (Å²) in [5, 5.41) is 3.39. The van der Waals surface area contributed by atoms with Crippen molar-refractivity contribution in [2.45, 2.75) is 32.7 Å². The van der Waals surface area contributed by atoms with Crippen LogP contribution in [0.25, 0.3) is 0 Å². The Morgan fingerprint density at radius 3 is 2.95 bits per heavy atom. The van der Waals surface area contributed by atoms with Crippen molar-refractivity contribution < 1.29 is 13.3 Å². The quantitative estimate of drug-likeness (QED) is 0.777. The second kappa shape index (κ2) is 5.71. The molecule has 0 bridgehead atoms. The highest BCUT2D eigenvalue weighted by atomic mass is 79.9. The fourth-order valence-electron chi connectivity index (χ4n) is 2.49. The number of pyridine rings is 1. The molecule has 3 rings (SSSR count). The minimum atomic E-state index is -2.60. The lowest BCUT2D eigenvalue weighted by molar-refractivity contribution is 0.140.